The van der Waals surface area contributed by atoms with Crippen LogP contribution in [0, 0.1) is 0 Å². The second-order valence-electron chi connectivity index (χ2n) is 4.71. The van der Waals surface area contributed by atoms with Gasteiger partial charge in [0.2, 0.25) is 0 Å². The van der Waals surface area contributed by atoms with E-state index in [4.69, 9.17) is 9.84 Å². The van der Waals surface area contributed by atoms with Crippen molar-refractivity contribution in [3.8, 4) is 0 Å². The first kappa shape index (κ1) is 17.0. The van der Waals surface area contributed by atoms with Gasteiger partial charge in [0.1, 0.15) is 0 Å². The SMILES string of the molecule is CCN(CC)c1ccc(CNCCCOCCO)cc1. The van der Waals surface area contributed by atoms with Crippen LogP contribution >= 0.6 is 0 Å². The highest BCUT2D eigenvalue weighted by molar-refractivity contribution is 5.47. The highest BCUT2D eigenvalue weighted by Crippen LogP contribution is 2.14. The van der Waals surface area contributed by atoms with E-state index in [0.29, 0.717) is 13.2 Å². The Kier molecular flexibility index (Phi) is 9.04. The minimum absolute atomic E-state index is 0.103. The molecule has 1 rings (SSSR count). The van der Waals surface area contributed by atoms with Gasteiger partial charge in [-0.25, -0.2) is 0 Å². The minimum Gasteiger partial charge on any atom is -0.394 e. The molecule has 0 aromatic heterocycles. The standard InChI is InChI=1S/C16H28N2O2/c1-3-18(4-2)16-8-6-15(7-9-16)14-17-10-5-12-20-13-11-19/h6-9,17,19H,3-5,10-14H2,1-2H3. The van der Waals surface area contributed by atoms with E-state index in [1.165, 1.54) is 11.3 Å². The molecule has 0 amide bonds. The van der Waals surface area contributed by atoms with Crippen LogP contribution in [0.4, 0.5) is 5.69 Å². The Morgan fingerprint density at radius 3 is 2.40 bits per heavy atom. The maximum atomic E-state index is 8.57. The molecule has 20 heavy (non-hydrogen) atoms. The number of aliphatic hydroxyl groups excluding tert-OH is 1. The van der Waals surface area contributed by atoms with Crippen molar-refractivity contribution in [1.29, 1.82) is 0 Å². The monoisotopic (exact) mass is 280 g/mol. The van der Waals surface area contributed by atoms with Gasteiger partial charge in [0.05, 0.1) is 13.2 Å². The van der Waals surface area contributed by atoms with Gasteiger partial charge < -0.3 is 20.1 Å². The number of nitrogens with zero attached hydrogens (tertiary/aromatic N) is 1. The van der Waals surface area contributed by atoms with E-state index in [1.807, 2.05) is 0 Å². The summed E-state index contributed by atoms with van der Waals surface area (Å²) in [7, 11) is 0. The molecule has 0 aliphatic rings. The lowest BCUT2D eigenvalue weighted by molar-refractivity contribution is 0.0907. The summed E-state index contributed by atoms with van der Waals surface area (Å²) >= 11 is 0. The third-order valence-corrected chi connectivity index (χ3v) is 3.27. The molecule has 0 fully saturated rings. The first-order chi connectivity index (χ1) is 9.81. The summed E-state index contributed by atoms with van der Waals surface area (Å²) in [5.74, 6) is 0. The molecule has 1 aromatic carbocycles. The Balaban J connectivity index is 2.21. The molecular formula is C16H28N2O2. The Bertz CT molecular complexity index is 337. The van der Waals surface area contributed by atoms with Crippen molar-refractivity contribution >= 4 is 5.69 Å². The second-order valence-corrected chi connectivity index (χ2v) is 4.71. The van der Waals surface area contributed by atoms with E-state index in [1.54, 1.807) is 0 Å². The highest BCUT2D eigenvalue weighted by Gasteiger charge is 2.01. The van der Waals surface area contributed by atoms with Crippen molar-refractivity contribution < 1.29 is 9.84 Å². The lowest BCUT2D eigenvalue weighted by atomic mass is 10.2. The number of benzene rings is 1. The van der Waals surface area contributed by atoms with Gasteiger partial charge in [-0.2, -0.15) is 0 Å². The molecule has 2 N–H and O–H groups in total. The predicted molar refractivity (Wildman–Crippen MR) is 84.2 cm³/mol. The van der Waals surface area contributed by atoms with Gasteiger partial charge in [-0.05, 0) is 44.5 Å². The highest BCUT2D eigenvalue weighted by atomic mass is 16.5. The number of nitrogens with one attached hydrogen (secondary N) is 1. The molecule has 4 heteroatoms. The van der Waals surface area contributed by atoms with Crippen LogP contribution in [-0.2, 0) is 11.3 Å². The molecule has 4 nitrogen and oxygen atoms in total. The van der Waals surface area contributed by atoms with Crippen molar-refractivity contribution in [3.63, 3.8) is 0 Å². The van der Waals surface area contributed by atoms with Crippen molar-refractivity contribution in [1.82, 2.24) is 5.32 Å². The molecule has 0 spiro atoms. The van der Waals surface area contributed by atoms with Gasteiger partial charge in [0.25, 0.3) is 0 Å². The Morgan fingerprint density at radius 2 is 1.80 bits per heavy atom. The summed E-state index contributed by atoms with van der Waals surface area (Å²) in [5.41, 5.74) is 2.59. The van der Waals surface area contributed by atoms with E-state index in [2.05, 4.69) is 48.3 Å². The number of ether oxygens (including phenoxy) is 1. The first-order valence-corrected chi connectivity index (χ1v) is 7.55. The summed E-state index contributed by atoms with van der Waals surface area (Å²) in [6.45, 7) is 9.51. The van der Waals surface area contributed by atoms with Gasteiger partial charge in [0, 0.05) is 31.9 Å². The number of aliphatic hydroxyl groups is 1. The molecule has 0 radical (unpaired) electrons. The van der Waals surface area contributed by atoms with Gasteiger partial charge in [-0.3, -0.25) is 0 Å². The van der Waals surface area contributed by atoms with Crippen LogP contribution in [0.1, 0.15) is 25.8 Å². The zero-order valence-corrected chi connectivity index (χ0v) is 12.8. The maximum absolute atomic E-state index is 8.57. The molecule has 0 heterocycles. The van der Waals surface area contributed by atoms with Crippen molar-refractivity contribution in [2.45, 2.75) is 26.8 Å². The van der Waals surface area contributed by atoms with Crippen LogP contribution in [0.3, 0.4) is 0 Å². The molecule has 0 aliphatic carbocycles. The number of anilines is 1. The summed E-state index contributed by atoms with van der Waals surface area (Å²) in [4.78, 5) is 2.34. The van der Waals surface area contributed by atoms with Gasteiger partial charge in [-0.1, -0.05) is 12.1 Å². The van der Waals surface area contributed by atoms with E-state index in [0.717, 1.165) is 32.6 Å². The summed E-state index contributed by atoms with van der Waals surface area (Å²) < 4.78 is 5.21. The van der Waals surface area contributed by atoms with E-state index in [9.17, 15) is 0 Å². The van der Waals surface area contributed by atoms with Crippen LogP contribution in [0.2, 0.25) is 0 Å². The van der Waals surface area contributed by atoms with Crippen LogP contribution in [0.5, 0.6) is 0 Å². The molecule has 0 saturated heterocycles. The lowest BCUT2D eigenvalue weighted by Gasteiger charge is -2.21. The first-order valence-electron chi connectivity index (χ1n) is 7.55. The lowest BCUT2D eigenvalue weighted by Crippen LogP contribution is -2.21. The number of rotatable bonds is 11. The Morgan fingerprint density at radius 1 is 1.10 bits per heavy atom. The smallest absolute Gasteiger partial charge is 0.0697 e. The maximum Gasteiger partial charge on any atom is 0.0697 e. The van der Waals surface area contributed by atoms with Crippen LogP contribution in [0.25, 0.3) is 0 Å². The quantitative estimate of drug-likeness (QED) is 0.609. The van der Waals surface area contributed by atoms with Gasteiger partial charge >= 0.3 is 0 Å². The fourth-order valence-electron chi connectivity index (χ4n) is 2.11. The van der Waals surface area contributed by atoms with E-state index < -0.39 is 0 Å². The minimum atomic E-state index is 0.103. The van der Waals surface area contributed by atoms with Crippen LogP contribution in [0.15, 0.2) is 24.3 Å². The van der Waals surface area contributed by atoms with Crippen molar-refractivity contribution in [2.24, 2.45) is 0 Å². The predicted octanol–water partition coefficient (Wildman–Crippen LogP) is 2.02. The number of hydrogen-bond donors (Lipinski definition) is 2. The van der Waals surface area contributed by atoms with E-state index >= 15 is 0 Å². The fraction of sp³-hybridized carbons (Fsp3) is 0.625. The fourth-order valence-corrected chi connectivity index (χ4v) is 2.11. The largest absolute Gasteiger partial charge is 0.394 e. The van der Waals surface area contributed by atoms with Crippen molar-refractivity contribution in [3.05, 3.63) is 29.8 Å². The van der Waals surface area contributed by atoms with E-state index in [-0.39, 0.29) is 6.61 Å². The second kappa shape index (κ2) is 10.7. The molecular weight excluding hydrogens is 252 g/mol. The average Bonchev–Trinajstić information content (AvgIpc) is 2.49. The van der Waals surface area contributed by atoms with Crippen LogP contribution < -0.4 is 10.2 Å². The number of hydrogen-bond acceptors (Lipinski definition) is 4. The summed E-state index contributed by atoms with van der Waals surface area (Å²) in [6.07, 6.45) is 0.970. The molecule has 114 valence electrons. The molecule has 0 unspecified atom stereocenters. The van der Waals surface area contributed by atoms with Gasteiger partial charge in [0.15, 0.2) is 0 Å². The Labute approximate surface area is 122 Å². The van der Waals surface area contributed by atoms with Crippen molar-refractivity contribution in [2.75, 3.05) is 44.4 Å². The normalized spacial score (nSPS) is 10.8. The third kappa shape index (κ3) is 6.37. The Hall–Kier alpha value is -1.10. The molecule has 0 saturated carbocycles. The third-order valence-electron chi connectivity index (χ3n) is 3.27. The topological polar surface area (TPSA) is 44.7 Å². The zero-order chi connectivity index (χ0) is 14.6. The molecule has 1 aromatic rings. The zero-order valence-electron chi connectivity index (χ0n) is 12.8. The summed E-state index contributed by atoms with van der Waals surface area (Å²) in [6, 6.07) is 8.74. The van der Waals surface area contributed by atoms with Gasteiger partial charge in [-0.15, -0.1) is 0 Å². The molecule has 0 atom stereocenters. The average molecular weight is 280 g/mol. The molecule has 0 aliphatic heterocycles. The summed E-state index contributed by atoms with van der Waals surface area (Å²) in [5, 5.41) is 12.0. The molecule has 0 bridgehead atoms. The van der Waals surface area contributed by atoms with Crippen LogP contribution in [-0.4, -0.2) is 44.6 Å².